The van der Waals surface area contributed by atoms with Crippen molar-refractivity contribution in [1.82, 2.24) is 19.7 Å². The Morgan fingerprint density at radius 2 is 2.16 bits per heavy atom. The number of anilines is 1. The van der Waals surface area contributed by atoms with Crippen LogP contribution in [0.4, 0.5) is 5.95 Å². The second-order valence-electron chi connectivity index (χ2n) is 5.47. The van der Waals surface area contributed by atoms with Crippen LogP contribution in [0.25, 0.3) is 21.5 Å². The van der Waals surface area contributed by atoms with E-state index in [9.17, 15) is 4.79 Å². The smallest absolute Gasteiger partial charge is 0.268 e. The molecule has 4 rings (SSSR count). The molecular weight excluding hydrogens is 336 g/mol. The molecule has 0 aliphatic rings. The molecule has 7 nitrogen and oxygen atoms in total. The van der Waals surface area contributed by atoms with Crippen LogP contribution in [0.15, 0.2) is 48.8 Å². The number of amides is 1. The van der Waals surface area contributed by atoms with Crippen LogP contribution in [0.1, 0.15) is 9.67 Å². The number of carbonyl (C=O) groups excluding carboxylic acids is 1. The van der Waals surface area contributed by atoms with Crippen LogP contribution in [-0.4, -0.2) is 32.2 Å². The van der Waals surface area contributed by atoms with Gasteiger partial charge in [0.15, 0.2) is 0 Å². The number of thiophene rings is 1. The molecule has 3 aromatic heterocycles. The van der Waals surface area contributed by atoms with Gasteiger partial charge in [0.25, 0.3) is 5.91 Å². The van der Waals surface area contributed by atoms with E-state index in [1.165, 1.54) is 11.3 Å². The maximum atomic E-state index is 12.6. The van der Waals surface area contributed by atoms with E-state index in [2.05, 4.69) is 20.5 Å². The number of H-pyrrole nitrogens is 1. The van der Waals surface area contributed by atoms with Crippen LogP contribution in [0, 0.1) is 0 Å². The molecule has 0 saturated heterocycles. The molecule has 4 aromatic rings. The minimum absolute atomic E-state index is 0.187. The normalized spacial score (nSPS) is 11.1. The lowest BCUT2D eigenvalue weighted by atomic mass is 10.3. The SMILES string of the molecule is NCCn1c(NC(=O)c2ccc(-c3cn[nH]c3)s2)nc2ccccc21. The summed E-state index contributed by atoms with van der Waals surface area (Å²) in [5.41, 5.74) is 8.45. The molecule has 8 heteroatoms. The second-order valence-corrected chi connectivity index (χ2v) is 6.55. The van der Waals surface area contributed by atoms with Crippen molar-refractivity contribution < 1.29 is 4.79 Å². The number of nitrogens with one attached hydrogen (secondary N) is 2. The quantitative estimate of drug-likeness (QED) is 0.514. The summed E-state index contributed by atoms with van der Waals surface area (Å²) in [6.07, 6.45) is 3.53. The Balaban J connectivity index is 1.62. The van der Waals surface area contributed by atoms with E-state index in [1.54, 1.807) is 18.5 Å². The van der Waals surface area contributed by atoms with E-state index >= 15 is 0 Å². The number of benzene rings is 1. The lowest BCUT2D eigenvalue weighted by Gasteiger charge is -2.08. The van der Waals surface area contributed by atoms with E-state index in [-0.39, 0.29) is 5.91 Å². The van der Waals surface area contributed by atoms with Gasteiger partial charge in [0.1, 0.15) is 0 Å². The average molecular weight is 352 g/mol. The Morgan fingerprint density at radius 1 is 1.28 bits per heavy atom. The zero-order valence-corrected chi connectivity index (χ0v) is 14.1. The largest absolute Gasteiger partial charge is 0.329 e. The third-order valence-corrected chi connectivity index (χ3v) is 4.98. The lowest BCUT2D eigenvalue weighted by molar-refractivity contribution is 0.102. The van der Waals surface area contributed by atoms with Crippen molar-refractivity contribution in [2.24, 2.45) is 5.73 Å². The molecule has 0 aliphatic carbocycles. The molecule has 0 unspecified atom stereocenters. The van der Waals surface area contributed by atoms with Crippen LogP contribution in [0.3, 0.4) is 0 Å². The van der Waals surface area contributed by atoms with Crippen molar-refractivity contribution in [2.45, 2.75) is 6.54 Å². The van der Waals surface area contributed by atoms with Gasteiger partial charge in [0.2, 0.25) is 5.95 Å². The number of hydrogen-bond acceptors (Lipinski definition) is 5. The number of nitrogens with two attached hydrogens (primary N) is 1. The third-order valence-electron chi connectivity index (χ3n) is 3.85. The Hall–Kier alpha value is -2.97. The van der Waals surface area contributed by atoms with Crippen LogP contribution in [-0.2, 0) is 6.54 Å². The van der Waals surface area contributed by atoms with Crippen molar-refractivity contribution in [3.63, 3.8) is 0 Å². The van der Waals surface area contributed by atoms with Crippen molar-refractivity contribution >= 4 is 34.2 Å². The maximum absolute atomic E-state index is 12.6. The Morgan fingerprint density at radius 3 is 2.96 bits per heavy atom. The maximum Gasteiger partial charge on any atom is 0.268 e. The summed E-state index contributed by atoms with van der Waals surface area (Å²) >= 11 is 1.41. The Bertz CT molecular complexity index is 1020. The van der Waals surface area contributed by atoms with Gasteiger partial charge in [-0.2, -0.15) is 5.10 Å². The molecule has 1 aromatic carbocycles. The van der Waals surface area contributed by atoms with Gasteiger partial charge in [-0.3, -0.25) is 15.2 Å². The van der Waals surface area contributed by atoms with Crippen molar-refractivity contribution in [2.75, 3.05) is 11.9 Å². The van der Waals surface area contributed by atoms with Gasteiger partial charge in [-0.05, 0) is 24.3 Å². The Labute approximate surface area is 147 Å². The highest BCUT2D eigenvalue weighted by molar-refractivity contribution is 7.17. The zero-order valence-electron chi connectivity index (χ0n) is 13.3. The summed E-state index contributed by atoms with van der Waals surface area (Å²) in [6, 6.07) is 11.5. The number of nitrogens with zero attached hydrogens (tertiary/aromatic N) is 3. The molecule has 0 atom stereocenters. The summed E-state index contributed by atoms with van der Waals surface area (Å²) in [5.74, 6) is 0.322. The molecule has 126 valence electrons. The third kappa shape index (κ3) is 2.92. The molecule has 0 bridgehead atoms. The highest BCUT2D eigenvalue weighted by Gasteiger charge is 2.16. The first-order valence-electron chi connectivity index (χ1n) is 7.82. The molecule has 0 spiro atoms. The molecule has 25 heavy (non-hydrogen) atoms. The first-order chi connectivity index (χ1) is 12.3. The van der Waals surface area contributed by atoms with Crippen LogP contribution >= 0.6 is 11.3 Å². The number of para-hydroxylation sites is 2. The number of aromatic nitrogens is 4. The van der Waals surface area contributed by atoms with E-state index in [0.717, 1.165) is 21.5 Å². The van der Waals surface area contributed by atoms with E-state index < -0.39 is 0 Å². The lowest BCUT2D eigenvalue weighted by Crippen LogP contribution is -2.17. The van der Waals surface area contributed by atoms with Crippen molar-refractivity contribution in [3.05, 3.63) is 53.7 Å². The van der Waals surface area contributed by atoms with Gasteiger partial charge < -0.3 is 10.3 Å². The monoisotopic (exact) mass is 352 g/mol. The van der Waals surface area contributed by atoms with Gasteiger partial charge in [0, 0.05) is 29.7 Å². The topological polar surface area (TPSA) is 102 Å². The molecule has 3 heterocycles. The second kappa shape index (κ2) is 6.50. The summed E-state index contributed by atoms with van der Waals surface area (Å²) in [7, 11) is 0. The minimum Gasteiger partial charge on any atom is -0.329 e. The fourth-order valence-corrected chi connectivity index (χ4v) is 3.57. The molecule has 0 aliphatic heterocycles. The number of fused-ring (bicyclic) bond motifs is 1. The van der Waals surface area contributed by atoms with Crippen LogP contribution in [0.2, 0.25) is 0 Å². The first kappa shape index (κ1) is 15.6. The molecular formula is C17H16N6OS. The average Bonchev–Trinajstić information content (AvgIpc) is 3.35. The summed E-state index contributed by atoms with van der Waals surface area (Å²) in [4.78, 5) is 18.7. The predicted octanol–water partition coefficient (Wildman–Crippen LogP) is 2.70. The highest BCUT2D eigenvalue weighted by Crippen LogP contribution is 2.28. The zero-order chi connectivity index (χ0) is 17.2. The molecule has 1 amide bonds. The van der Waals surface area contributed by atoms with Gasteiger partial charge in [-0.25, -0.2) is 4.98 Å². The van der Waals surface area contributed by atoms with Gasteiger partial charge in [-0.15, -0.1) is 11.3 Å². The van der Waals surface area contributed by atoms with Gasteiger partial charge >= 0.3 is 0 Å². The highest BCUT2D eigenvalue weighted by atomic mass is 32.1. The Kier molecular flexibility index (Phi) is 4.04. The first-order valence-corrected chi connectivity index (χ1v) is 8.63. The summed E-state index contributed by atoms with van der Waals surface area (Å²) in [5, 5.41) is 9.61. The molecule has 4 N–H and O–H groups in total. The standard InChI is InChI=1S/C17H16N6OS/c18-7-8-23-13-4-2-1-3-12(13)21-17(23)22-16(24)15-6-5-14(25-15)11-9-19-20-10-11/h1-6,9-10H,7-8,18H2,(H,19,20)(H,21,22,24). The summed E-state index contributed by atoms with van der Waals surface area (Å²) < 4.78 is 1.93. The number of hydrogen-bond donors (Lipinski definition) is 3. The number of carbonyl (C=O) groups is 1. The van der Waals surface area contributed by atoms with Gasteiger partial charge in [-0.1, -0.05) is 12.1 Å². The van der Waals surface area contributed by atoms with E-state index in [0.29, 0.717) is 23.9 Å². The van der Waals surface area contributed by atoms with E-state index in [1.807, 2.05) is 34.9 Å². The number of aromatic amines is 1. The molecule has 0 fully saturated rings. The predicted molar refractivity (Wildman–Crippen MR) is 98.6 cm³/mol. The van der Waals surface area contributed by atoms with Crippen LogP contribution < -0.4 is 11.1 Å². The van der Waals surface area contributed by atoms with Crippen LogP contribution in [0.5, 0.6) is 0 Å². The van der Waals surface area contributed by atoms with Crippen molar-refractivity contribution in [1.29, 1.82) is 0 Å². The minimum atomic E-state index is -0.187. The van der Waals surface area contributed by atoms with Gasteiger partial charge in [0.05, 0.1) is 22.1 Å². The molecule has 0 radical (unpaired) electrons. The fourth-order valence-electron chi connectivity index (χ4n) is 2.69. The molecule has 0 saturated carbocycles. The van der Waals surface area contributed by atoms with E-state index in [4.69, 9.17) is 5.73 Å². The summed E-state index contributed by atoms with van der Waals surface area (Å²) in [6.45, 7) is 1.05. The fraction of sp³-hybridized carbons (Fsp3) is 0.118. The van der Waals surface area contributed by atoms with Crippen molar-refractivity contribution in [3.8, 4) is 10.4 Å². The number of rotatable bonds is 5. The number of imidazole rings is 1.